The highest BCUT2D eigenvalue weighted by atomic mass is 35.5. The highest BCUT2D eigenvalue weighted by molar-refractivity contribution is 6.32. The number of hydrogen-bond donors (Lipinski definition) is 0. The van der Waals surface area contributed by atoms with Crippen LogP contribution in [0.4, 0.5) is 17.6 Å². The van der Waals surface area contributed by atoms with Crippen molar-refractivity contribution in [3.8, 4) is 11.3 Å². The van der Waals surface area contributed by atoms with Gasteiger partial charge in [-0.3, -0.25) is 4.98 Å². The van der Waals surface area contributed by atoms with Gasteiger partial charge in [0.15, 0.2) is 0 Å². The maximum absolute atomic E-state index is 6.40. The molecular weight excluding hydrogens is 422 g/mol. The lowest BCUT2D eigenvalue weighted by Gasteiger charge is -2.41. The summed E-state index contributed by atoms with van der Waals surface area (Å²) in [6.07, 6.45) is 7.81. The molecule has 5 heterocycles. The van der Waals surface area contributed by atoms with Gasteiger partial charge in [0.1, 0.15) is 11.6 Å². The highest BCUT2D eigenvalue weighted by Crippen LogP contribution is 2.31. The molecule has 0 N–H and O–H groups in total. The smallest absolute Gasteiger partial charge is 0.228 e. The Hall–Kier alpha value is -2.93. The lowest BCUT2D eigenvalue weighted by Crippen LogP contribution is -2.52. The zero-order chi connectivity index (χ0) is 22.1. The van der Waals surface area contributed by atoms with E-state index in [2.05, 4.69) is 50.6 Å². The van der Waals surface area contributed by atoms with Crippen molar-refractivity contribution < 1.29 is 0 Å². The Bertz CT molecular complexity index is 1080. The van der Waals surface area contributed by atoms with Crippen molar-refractivity contribution in [3.63, 3.8) is 0 Å². The molecule has 5 rings (SSSR count). The second-order valence-corrected chi connectivity index (χ2v) is 9.04. The Morgan fingerprint density at radius 1 is 0.969 bits per heavy atom. The summed E-state index contributed by atoms with van der Waals surface area (Å²) in [7, 11) is 0. The number of anilines is 3. The lowest BCUT2D eigenvalue weighted by molar-refractivity contribution is 0.542. The number of hydrogen-bond acceptors (Lipinski definition) is 7. The van der Waals surface area contributed by atoms with E-state index in [9.17, 15) is 0 Å². The molecule has 8 heteroatoms. The van der Waals surface area contributed by atoms with Gasteiger partial charge in [0.25, 0.3) is 0 Å². The predicted octanol–water partition coefficient (Wildman–Crippen LogP) is 4.29. The van der Waals surface area contributed by atoms with Crippen molar-refractivity contribution in [1.29, 1.82) is 0 Å². The minimum atomic E-state index is 0.252. The third kappa shape index (κ3) is 4.09. The summed E-state index contributed by atoms with van der Waals surface area (Å²) in [6, 6.07) is 10.6. The molecular formula is C24H28ClN7. The Morgan fingerprint density at radius 3 is 2.56 bits per heavy atom. The van der Waals surface area contributed by atoms with Crippen molar-refractivity contribution in [2.75, 3.05) is 40.9 Å². The second kappa shape index (κ2) is 8.90. The average molecular weight is 450 g/mol. The maximum atomic E-state index is 6.40. The normalized spacial score (nSPS) is 21.3. The number of pyridine rings is 2. The topological polar surface area (TPSA) is 61.3 Å². The maximum Gasteiger partial charge on any atom is 0.228 e. The third-order valence-electron chi connectivity index (χ3n) is 6.43. The molecule has 2 aliphatic rings. The minimum Gasteiger partial charge on any atom is -0.352 e. The molecule has 1 unspecified atom stereocenters. The number of piperazine rings is 1. The highest BCUT2D eigenvalue weighted by Gasteiger charge is 2.29. The molecule has 7 nitrogen and oxygen atoms in total. The molecule has 2 fully saturated rings. The molecule has 0 bridgehead atoms. The second-order valence-electron chi connectivity index (χ2n) is 8.63. The molecule has 0 amide bonds. The first-order valence-electron chi connectivity index (χ1n) is 11.3. The summed E-state index contributed by atoms with van der Waals surface area (Å²) in [4.78, 5) is 25.7. The van der Waals surface area contributed by atoms with E-state index in [0.717, 1.165) is 55.0 Å². The Morgan fingerprint density at radius 2 is 1.84 bits per heavy atom. The van der Waals surface area contributed by atoms with Crippen LogP contribution in [0.3, 0.4) is 0 Å². The van der Waals surface area contributed by atoms with E-state index in [1.54, 1.807) is 12.4 Å². The van der Waals surface area contributed by atoms with Gasteiger partial charge in [-0.25, -0.2) is 9.97 Å². The van der Waals surface area contributed by atoms with Crippen molar-refractivity contribution in [1.82, 2.24) is 19.9 Å². The van der Waals surface area contributed by atoms with Gasteiger partial charge in [0.2, 0.25) is 5.95 Å². The van der Waals surface area contributed by atoms with Crippen LogP contribution in [0.5, 0.6) is 0 Å². The first-order chi connectivity index (χ1) is 15.6. The fraction of sp³-hybridized carbons (Fsp3) is 0.417. The molecule has 0 radical (unpaired) electrons. The van der Waals surface area contributed by atoms with Crippen LogP contribution in [0.15, 0.2) is 48.9 Å². The first-order valence-corrected chi connectivity index (χ1v) is 11.7. The van der Waals surface area contributed by atoms with E-state index < -0.39 is 0 Å². The predicted molar refractivity (Wildman–Crippen MR) is 130 cm³/mol. The van der Waals surface area contributed by atoms with Crippen LogP contribution in [0, 0.1) is 0 Å². The molecule has 0 spiro atoms. The number of rotatable bonds is 4. The summed E-state index contributed by atoms with van der Waals surface area (Å²) in [5.74, 6) is 2.63. The Balaban J connectivity index is 1.47. The van der Waals surface area contributed by atoms with E-state index in [4.69, 9.17) is 21.6 Å². The van der Waals surface area contributed by atoms with Crippen LogP contribution in [-0.4, -0.2) is 58.2 Å². The van der Waals surface area contributed by atoms with Gasteiger partial charge in [-0.1, -0.05) is 11.6 Å². The lowest BCUT2D eigenvalue weighted by atomic mass is 10.1. The zero-order valence-corrected chi connectivity index (χ0v) is 19.3. The molecule has 0 saturated carbocycles. The van der Waals surface area contributed by atoms with E-state index in [1.165, 1.54) is 12.8 Å². The molecule has 166 valence electrons. The molecule has 3 aromatic heterocycles. The summed E-state index contributed by atoms with van der Waals surface area (Å²) in [5.41, 5.74) is 1.93. The molecule has 0 aliphatic carbocycles. The van der Waals surface area contributed by atoms with Crippen LogP contribution in [0.2, 0.25) is 5.02 Å². The largest absolute Gasteiger partial charge is 0.352 e. The SMILES string of the molecule is CC1CCCN1c1nc(-c2cccnc2)cc(N2CCN(c3ncccc3Cl)C[C@H]2C)n1. The van der Waals surface area contributed by atoms with Gasteiger partial charge < -0.3 is 14.7 Å². The van der Waals surface area contributed by atoms with Crippen LogP contribution in [0.25, 0.3) is 11.3 Å². The van der Waals surface area contributed by atoms with Crippen molar-refractivity contribution >= 4 is 29.2 Å². The first kappa shape index (κ1) is 20.9. The molecule has 3 aromatic rings. The zero-order valence-electron chi connectivity index (χ0n) is 18.5. The fourth-order valence-corrected chi connectivity index (χ4v) is 4.93. The van der Waals surface area contributed by atoms with E-state index in [-0.39, 0.29) is 6.04 Å². The quantitative estimate of drug-likeness (QED) is 0.588. The Kier molecular flexibility index (Phi) is 5.83. The van der Waals surface area contributed by atoms with Gasteiger partial charge in [-0.05, 0) is 51.0 Å². The minimum absolute atomic E-state index is 0.252. The van der Waals surface area contributed by atoms with Crippen molar-refractivity contribution in [3.05, 3.63) is 53.9 Å². The molecule has 0 aromatic carbocycles. The fourth-order valence-electron chi connectivity index (χ4n) is 4.69. The average Bonchev–Trinajstić information content (AvgIpc) is 3.25. The summed E-state index contributed by atoms with van der Waals surface area (Å²) in [6.45, 7) is 7.99. The van der Waals surface area contributed by atoms with E-state index >= 15 is 0 Å². The number of halogens is 1. The number of aromatic nitrogens is 4. The summed E-state index contributed by atoms with van der Waals surface area (Å²) in [5, 5.41) is 0.694. The van der Waals surface area contributed by atoms with Gasteiger partial charge >= 0.3 is 0 Å². The standard InChI is InChI=1S/C24H28ClN7/c1-17-6-5-11-32(17)24-28-21(19-7-3-9-26-15-19)14-22(29-24)31-13-12-30(16-18(31)2)23-20(25)8-4-10-27-23/h3-4,7-10,14-15,17-18H,5-6,11-13,16H2,1-2H3/t17?,18-/m1/s1. The third-order valence-corrected chi connectivity index (χ3v) is 6.72. The number of nitrogens with zero attached hydrogens (tertiary/aromatic N) is 7. The van der Waals surface area contributed by atoms with E-state index in [0.29, 0.717) is 11.1 Å². The van der Waals surface area contributed by atoms with Crippen LogP contribution in [-0.2, 0) is 0 Å². The van der Waals surface area contributed by atoms with E-state index in [1.807, 2.05) is 24.4 Å². The molecule has 2 saturated heterocycles. The van der Waals surface area contributed by atoms with Gasteiger partial charge in [-0.2, -0.15) is 4.98 Å². The van der Waals surface area contributed by atoms with Crippen LogP contribution in [0.1, 0.15) is 26.7 Å². The molecule has 32 heavy (non-hydrogen) atoms. The molecule has 2 aliphatic heterocycles. The molecule has 2 atom stereocenters. The van der Waals surface area contributed by atoms with Gasteiger partial charge in [0.05, 0.1) is 10.7 Å². The summed E-state index contributed by atoms with van der Waals surface area (Å²) >= 11 is 6.40. The Labute approximate surface area is 194 Å². The monoisotopic (exact) mass is 449 g/mol. The summed E-state index contributed by atoms with van der Waals surface area (Å²) < 4.78 is 0. The van der Waals surface area contributed by atoms with Gasteiger partial charge in [-0.15, -0.1) is 0 Å². The van der Waals surface area contributed by atoms with Crippen molar-refractivity contribution in [2.24, 2.45) is 0 Å². The van der Waals surface area contributed by atoms with Crippen molar-refractivity contribution in [2.45, 2.75) is 38.8 Å². The van der Waals surface area contributed by atoms with Crippen LogP contribution < -0.4 is 14.7 Å². The van der Waals surface area contributed by atoms with Gasteiger partial charge in [0, 0.05) is 68.5 Å². The van der Waals surface area contributed by atoms with Crippen LogP contribution >= 0.6 is 11.6 Å².